The molecule has 2 atom stereocenters. The number of hydrogen-bond acceptors (Lipinski definition) is 5. The molecule has 1 fully saturated rings. The maximum Gasteiger partial charge on any atom is 0.238 e. The van der Waals surface area contributed by atoms with Crippen molar-refractivity contribution in [3.63, 3.8) is 0 Å². The second-order valence-electron chi connectivity index (χ2n) is 3.72. The molecule has 1 saturated carbocycles. The molecule has 82 valence electrons. The summed E-state index contributed by atoms with van der Waals surface area (Å²) in [5.41, 5.74) is 0.305. The van der Waals surface area contributed by atoms with Crippen LogP contribution in [0.1, 0.15) is 24.6 Å². The number of rotatable bonds is 4. The second-order valence-corrected chi connectivity index (χ2v) is 3.72. The van der Waals surface area contributed by atoms with Crippen molar-refractivity contribution in [2.45, 2.75) is 25.0 Å². The first-order valence-electron chi connectivity index (χ1n) is 4.95. The molecule has 1 heterocycles. The molecule has 1 aromatic rings. The molecular formula is C10H14N2O3. The number of aromatic nitrogens is 2. The Hall–Kier alpha value is -1.20. The van der Waals surface area contributed by atoms with Gasteiger partial charge < -0.3 is 14.9 Å². The van der Waals surface area contributed by atoms with Crippen molar-refractivity contribution in [2.24, 2.45) is 5.92 Å². The lowest BCUT2D eigenvalue weighted by Gasteiger charge is -2.17. The Morgan fingerprint density at radius 3 is 2.60 bits per heavy atom. The maximum absolute atomic E-state index is 9.88. The van der Waals surface area contributed by atoms with Gasteiger partial charge in [-0.3, -0.25) is 4.98 Å². The summed E-state index contributed by atoms with van der Waals surface area (Å²) in [6.45, 7) is 0. The minimum absolute atomic E-state index is 0.187. The highest BCUT2D eigenvalue weighted by Crippen LogP contribution is 2.38. The molecule has 15 heavy (non-hydrogen) atoms. The molecule has 1 aromatic heterocycles. The molecule has 0 bridgehead atoms. The number of nitrogens with zero attached hydrogens (tertiary/aromatic N) is 2. The van der Waals surface area contributed by atoms with E-state index in [2.05, 4.69) is 9.97 Å². The van der Waals surface area contributed by atoms with Gasteiger partial charge >= 0.3 is 0 Å². The van der Waals surface area contributed by atoms with Crippen LogP contribution in [-0.2, 0) is 0 Å². The molecule has 2 N–H and O–H groups in total. The highest BCUT2D eigenvalue weighted by molar-refractivity contribution is 5.21. The van der Waals surface area contributed by atoms with Crippen LogP contribution in [0.25, 0.3) is 0 Å². The van der Waals surface area contributed by atoms with Gasteiger partial charge in [-0.15, -0.1) is 0 Å². The van der Waals surface area contributed by atoms with E-state index in [1.54, 1.807) is 0 Å². The zero-order valence-corrected chi connectivity index (χ0v) is 8.50. The topological polar surface area (TPSA) is 75.5 Å². The van der Waals surface area contributed by atoms with E-state index in [9.17, 15) is 10.2 Å². The van der Waals surface area contributed by atoms with Gasteiger partial charge in [0.1, 0.15) is 11.8 Å². The Morgan fingerprint density at radius 2 is 2.00 bits per heavy atom. The predicted molar refractivity (Wildman–Crippen MR) is 52.3 cm³/mol. The smallest absolute Gasteiger partial charge is 0.238 e. The summed E-state index contributed by atoms with van der Waals surface area (Å²) >= 11 is 0. The van der Waals surface area contributed by atoms with E-state index in [1.165, 1.54) is 19.5 Å². The van der Waals surface area contributed by atoms with Crippen molar-refractivity contribution in [2.75, 3.05) is 7.11 Å². The normalized spacial score (nSPS) is 19.7. The Labute approximate surface area is 87.8 Å². The molecule has 0 amide bonds. The van der Waals surface area contributed by atoms with Crippen molar-refractivity contribution >= 4 is 0 Å². The summed E-state index contributed by atoms with van der Waals surface area (Å²) in [5.74, 6) is 0.455. The van der Waals surface area contributed by atoms with E-state index < -0.39 is 12.2 Å². The highest BCUT2D eigenvalue weighted by atomic mass is 16.5. The molecule has 2 unspecified atom stereocenters. The molecule has 0 spiro atoms. The van der Waals surface area contributed by atoms with E-state index in [0.717, 1.165) is 12.8 Å². The molecule has 1 aliphatic carbocycles. The van der Waals surface area contributed by atoms with Gasteiger partial charge in [0.2, 0.25) is 5.88 Å². The van der Waals surface area contributed by atoms with Crippen molar-refractivity contribution in [3.05, 3.63) is 18.1 Å². The molecule has 5 nitrogen and oxygen atoms in total. The quantitative estimate of drug-likeness (QED) is 0.747. The van der Waals surface area contributed by atoms with Crippen LogP contribution < -0.4 is 4.74 Å². The minimum atomic E-state index is -1.01. The van der Waals surface area contributed by atoms with Crippen molar-refractivity contribution < 1.29 is 14.9 Å². The van der Waals surface area contributed by atoms with Crippen molar-refractivity contribution in [1.82, 2.24) is 9.97 Å². The van der Waals surface area contributed by atoms with E-state index in [0.29, 0.717) is 5.69 Å². The average Bonchev–Trinajstić information content (AvgIpc) is 3.11. The Bertz CT molecular complexity index is 341. The summed E-state index contributed by atoms with van der Waals surface area (Å²) < 4.78 is 4.97. The number of hydrogen-bond donors (Lipinski definition) is 2. The first kappa shape index (κ1) is 10.3. The van der Waals surface area contributed by atoms with Gasteiger partial charge in [0.15, 0.2) is 0 Å². The molecule has 0 aromatic carbocycles. The van der Waals surface area contributed by atoms with Gasteiger partial charge in [0.05, 0.1) is 13.2 Å². The highest BCUT2D eigenvalue weighted by Gasteiger charge is 2.37. The SMILES string of the molecule is COc1nccnc1C(O)C(O)C1CC1. The standard InChI is InChI=1S/C10H14N2O3/c1-15-10-7(11-4-5-12-10)9(14)8(13)6-2-3-6/h4-6,8-9,13-14H,2-3H2,1H3. The number of aliphatic hydroxyl groups excluding tert-OH is 2. The Kier molecular flexibility index (Phi) is 2.83. The van der Waals surface area contributed by atoms with Gasteiger partial charge in [-0.2, -0.15) is 0 Å². The summed E-state index contributed by atoms with van der Waals surface area (Å²) in [4.78, 5) is 7.91. The fourth-order valence-electron chi connectivity index (χ4n) is 1.55. The Balaban J connectivity index is 2.19. The molecule has 2 rings (SSSR count). The van der Waals surface area contributed by atoms with Crippen LogP contribution in [-0.4, -0.2) is 33.4 Å². The van der Waals surface area contributed by atoms with E-state index in [1.807, 2.05) is 0 Å². The lowest BCUT2D eigenvalue weighted by Crippen LogP contribution is -2.22. The zero-order valence-electron chi connectivity index (χ0n) is 8.50. The van der Waals surface area contributed by atoms with Crippen LogP contribution in [0.3, 0.4) is 0 Å². The van der Waals surface area contributed by atoms with E-state index >= 15 is 0 Å². The summed E-state index contributed by atoms with van der Waals surface area (Å²) in [6.07, 6.45) is 3.10. The summed E-state index contributed by atoms with van der Waals surface area (Å²) in [6, 6.07) is 0. The molecule has 0 radical (unpaired) electrons. The van der Waals surface area contributed by atoms with Crippen LogP contribution in [0.2, 0.25) is 0 Å². The number of methoxy groups -OCH3 is 1. The molecule has 1 aliphatic rings. The average molecular weight is 210 g/mol. The lowest BCUT2D eigenvalue weighted by molar-refractivity contribution is 0.000720. The monoisotopic (exact) mass is 210 g/mol. The number of aliphatic hydroxyl groups is 2. The van der Waals surface area contributed by atoms with Gasteiger partial charge in [0, 0.05) is 12.4 Å². The van der Waals surface area contributed by atoms with Crippen LogP contribution >= 0.6 is 0 Å². The fraction of sp³-hybridized carbons (Fsp3) is 0.600. The largest absolute Gasteiger partial charge is 0.480 e. The van der Waals surface area contributed by atoms with Crippen LogP contribution in [0.4, 0.5) is 0 Å². The summed E-state index contributed by atoms with van der Waals surface area (Å²) in [7, 11) is 1.46. The molecular weight excluding hydrogens is 196 g/mol. The second kappa shape index (κ2) is 4.12. The fourth-order valence-corrected chi connectivity index (χ4v) is 1.55. The minimum Gasteiger partial charge on any atom is -0.480 e. The van der Waals surface area contributed by atoms with Gasteiger partial charge in [0.25, 0.3) is 0 Å². The van der Waals surface area contributed by atoms with Gasteiger partial charge in [-0.05, 0) is 18.8 Å². The zero-order chi connectivity index (χ0) is 10.8. The van der Waals surface area contributed by atoms with Gasteiger partial charge in [-0.1, -0.05) is 0 Å². The van der Waals surface area contributed by atoms with Crippen molar-refractivity contribution in [3.8, 4) is 5.88 Å². The van der Waals surface area contributed by atoms with Crippen LogP contribution in [0, 0.1) is 5.92 Å². The third kappa shape index (κ3) is 2.08. The van der Waals surface area contributed by atoms with Gasteiger partial charge in [-0.25, -0.2) is 4.98 Å². The third-order valence-electron chi connectivity index (χ3n) is 2.59. The van der Waals surface area contributed by atoms with Crippen LogP contribution in [0.5, 0.6) is 5.88 Å². The first-order chi connectivity index (χ1) is 7.24. The van der Waals surface area contributed by atoms with Crippen LogP contribution in [0.15, 0.2) is 12.4 Å². The lowest BCUT2D eigenvalue weighted by atomic mass is 10.1. The van der Waals surface area contributed by atoms with E-state index in [4.69, 9.17) is 4.74 Å². The molecule has 0 saturated heterocycles. The molecule has 5 heteroatoms. The maximum atomic E-state index is 9.88. The number of ether oxygens (including phenoxy) is 1. The summed E-state index contributed by atoms with van der Waals surface area (Å²) in [5, 5.41) is 19.6. The van der Waals surface area contributed by atoms with E-state index in [-0.39, 0.29) is 11.8 Å². The van der Waals surface area contributed by atoms with Crippen molar-refractivity contribution in [1.29, 1.82) is 0 Å². The predicted octanol–water partition coefficient (Wildman–Crippen LogP) is 0.289. The Morgan fingerprint density at radius 1 is 1.33 bits per heavy atom. The molecule has 0 aliphatic heterocycles. The first-order valence-corrected chi connectivity index (χ1v) is 4.95. The third-order valence-corrected chi connectivity index (χ3v) is 2.59.